The fraction of sp³-hybridized carbons (Fsp3) is 0.320. The van der Waals surface area contributed by atoms with Crippen molar-refractivity contribution < 1.29 is 9.53 Å². The van der Waals surface area contributed by atoms with Crippen molar-refractivity contribution in [1.82, 2.24) is 14.8 Å². The summed E-state index contributed by atoms with van der Waals surface area (Å²) in [6.07, 6.45) is 4.55. The molecule has 0 radical (unpaired) electrons. The Balaban J connectivity index is 1.56. The molecule has 0 atom stereocenters. The Bertz CT molecular complexity index is 1060. The third-order valence-electron chi connectivity index (χ3n) is 5.13. The molecule has 2 aromatic carbocycles. The van der Waals surface area contributed by atoms with E-state index in [1.165, 1.54) is 17.3 Å². The molecule has 0 aliphatic carbocycles. The lowest BCUT2D eigenvalue weighted by Crippen LogP contribution is -2.15. The Hall–Kier alpha value is -3.06. The molecular formula is C25H30N4O2S. The Morgan fingerprint density at radius 3 is 2.66 bits per heavy atom. The van der Waals surface area contributed by atoms with Crippen LogP contribution in [0.2, 0.25) is 0 Å². The van der Waals surface area contributed by atoms with Gasteiger partial charge in [0.15, 0.2) is 5.16 Å². The molecule has 1 heterocycles. The Morgan fingerprint density at radius 1 is 1.16 bits per heavy atom. The van der Waals surface area contributed by atoms with E-state index in [1.54, 1.807) is 7.11 Å². The summed E-state index contributed by atoms with van der Waals surface area (Å²) in [7, 11) is 1.67. The van der Waals surface area contributed by atoms with Gasteiger partial charge in [-0.15, -0.1) is 16.8 Å². The minimum atomic E-state index is -0.0575. The van der Waals surface area contributed by atoms with Gasteiger partial charge in [-0.1, -0.05) is 42.1 Å². The highest BCUT2D eigenvalue weighted by Crippen LogP contribution is 2.21. The highest BCUT2D eigenvalue weighted by Gasteiger charge is 2.14. The molecule has 3 aromatic rings. The average Bonchev–Trinajstić information content (AvgIpc) is 3.17. The number of nitrogens with zero attached hydrogens (tertiary/aromatic N) is 3. The molecule has 0 aliphatic rings. The lowest BCUT2D eigenvalue weighted by atomic mass is 10.1. The number of anilines is 1. The van der Waals surface area contributed by atoms with Crippen LogP contribution in [0.3, 0.4) is 0 Å². The molecule has 0 saturated carbocycles. The zero-order chi connectivity index (χ0) is 22.9. The number of aryl methyl sites for hydroxylation is 4. The lowest BCUT2D eigenvalue weighted by Gasteiger charge is -2.10. The lowest BCUT2D eigenvalue weighted by molar-refractivity contribution is -0.113. The maximum Gasteiger partial charge on any atom is 0.234 e. The van der Waals surface area contributed by atoms with E-state index in [9.17, 15) is 4.79 Å². The van der Waals surface area contributed by atoms with E-state index in [4.69, 9.17) is 4.74 Å². The standard InChI is InChI=1S/C25H30N4O2S/c1-5-15-29-23(8-6-7-20-11-13-21(31-4)14-12-20)27-28-25(29)32-17-24(30)26-22-16-18(2)9-10-19(22)3/h5,9-14,16H,1,6-8,15,17H2,2-4H3,(H,26,30). The summed E-state index contributed by atoms with van der Waals surface area (Å²) in [5.41, 5.74) is 4.27. The summed E-state index contributed by atoms with van der Waals surface area (Å²) < 4.78 is 7.25. The van der Waals surface area contributed by atoms with E-state index in [0.717, 1.165) is 52.8 Å². The quantitative estimate of drug-likeness (QED) is 0.329. The summed E-state index contributed by atoms with van der Waals surface area (Å²) in [4.78, 5) is 12.5. The fourth-order valence-corrected chi connectivity index (χ4v) is 4.12. The van der Waals surface area contributed by atoms with Gasteiger partial charge in [0.2, 0.25) is 5.91 Å². The van der Waals surface area contributed by atoms with Gasteiger partial charge in [-0.05, 0) is 61.6 Å². The number of amides is 1. The number of ether oxygens (including phenoxy) is 1. The minimum absolute atomic E-state index is 0.0575. The second-order valence-corrected chi connectivity index (χ2v) is 8.60. The monoisotopic (exact) mass is 450 g/mol. The van der Waals surface area contributed by atoms with Gasteiger partial charge in [0.25, 0.3) is 0 Å². The predicted molar refractivity (Wildman–Crippen MR) is 131 cm³/mol. The van der Waals surface area contributed by atoms with Crippen LogP contribution in [0.5, 0.6) is 5.75 Å². The van der Waals surface area contributed by atoms with Crippen LogP contribution in [0.4, 0.5) is 5.69 Å². The third kappa shape index (κ3) is 6.47. The van der Waals surface area contributed by atoms with E-state index in [-0.39, 0.29) is 11.7 Å². The summed E-state index contributed by atoms with van der Waals surface area (Å²) >= 11 is 1.39. The molecule has 3 rings (SSSR count). The first-order chi connectivity index (χ1) is 15.5. The van der Waals surface area contributed by atoms with Gasteiger partial charge >= 0.3 is 0 Å². The molecule has 0 aliphatic heterocycles. The second-order valence-electron chi connectivity index (χ2n) is 7.65. The van der Waals surface area contributed by atoms with Gasteiger partial charge in [-0.25, -0.2) is 0 Å². The first-order valence-corrected chi connectivity index (χ1v) is 11.6. The predicted octanol–water partition coefficient (Wildman–Crippen LogP) is 5.00. The van der Waals surface area contributed by atoms with Crippen molar-refractivity contribution in [2.45, 2.75) is 44.8 Å². The second kappa shape index (κ2) is 11.5. The SMILES string of the molecule is C=CCn1c(CCCc2ccc(OC)cc2)nnc1SCC(=O)Nc1cc(C)ccc1C. The van der Waals surface area contributed by atoms with Crippen LogP contribution < -0.4 is 10.1 Å². The number of hydrogen-bond acceptors (Lipinski definition) is 5. The summed E-state index contributed by atoms with van der Waals surface area (Å²) in [5.74, 6) is 1.99. The van der Waals surface area contributed by atoms with Crippen molar-refractivity contribution in [1.29, 1.82) is 0 Å². The van der Waals surface area contributed by atoms with Gasteiger partial charge in [-0.3, -0.25) is 4.79 Å². The molecule has 0 fully saturated rings. The molecule has 1 amide bonds. The van der Waals surface area contributed by atoms with Gasteiger partial charge in [0, 0.05) is 18.7 Å². The summed E-state index contributed by atoms with van der Waals surface area (Å²) in [6, 6.07) is 14.2. The number of rotatable bonds is 11. The summed E-state index contributed by atoms with van der Waals surface area (Å²) in [6.45, 7) is 8.47. The number of methoxy groups -OCH3 is 1. The first-order valence-electron chi connectivity index (χ1n) is 10.7. The van der Waals surface area contributed by atoms with E-state index < -0.39 is 0 Å². The third-order valence-corrected chi connectivity index (χ3v) is 6.10. The zero-order valence-electron chi connectivity index (χ0n) is 18.9. The van der Waals surface area contributed by atoms with Crippen molar-refractivity contribution in [2.75, 3.05) is 18.2 Å². The molecule has 0 unspecified atom stereocenters. The Morgan fingerprint density at radius 2 is 1.94 bits per heavy atom. The molecular weight excluding hydrogens is 420 g/mol. The number of carbonyl (C=O) groups is 1. The Labute approximate surface area is 194 Å². The highest BCUT2D eigenvalue weighted by atomic mass is 32.2. The van der Waals surface area contributed by atoms with Crippen molar-refractivity contribution in [3.05, 3.63) is 77.6 Å². The number of thioether (sulfide) groups is 1. The number of nitrogens with one attached hydrogen (secondary N) is 1. The normalized spacial score (nSPS) is 10.7. The molecule has 0 spiro atoms. The molecule has 1 N–H and O–H groups in total. The van der Waals surface area contributed by atoms with Crippen molar-refractivity contribution in [3.8, 4) is 5.75 Å². The number of aromatic nitrogens is 3. The molecule has 0 saturated heterocycles. The smallest absolute Gasteiger partial charge is 0.234 e. The van der Waals surface area contributed by atoms with Crippen LogP contribution >= 0.6 is 11.8 Å². The fourth-order valence-electron chi connectivity index (χ4n) is 3.35. The first kappa shape index (κ1) is 23.6. The van der Waals surface area contributed by atoms with Gasteiger partial charge in [0.05, 0.1) is 12.9 Å². The molecule has 1 aromatic heterocycles. The molecule has 168 valence electrons. The van der Waals surface area contributed by atoms with Gasteiger partial charge in [-0.2, -0.15) is 0 Å². The maximum absolute atomic E-state index is 12.5. The topological polar surface area (TPSA) is 69.0 Å². The number of carbonyl (C=O) groups excluding carboxylic acids is 1. The van der Waals surface area contributed by atoms with Crippen LogP contribution in [0.25, 0.3) is 0 Å². The summed E-state index contributed by atoms with van der Waals surface area (Å²) in [5, 5.41) is 12.4. The Kier molecular flexibility index (Phi) is 8.50. The van der Waals surface area contributed by atoms with Crippen LogP contribution in [-0.2, 0) is 24.2 Å². The zero-order valence-corrected chi connectivity index (χ0v) is 19.7. The molecule has 7 heteroatoms. The minimum Gasteiger partial charge on any atom is -0.497 e. The van der Waals surface area contributed by atoms with E-state index in [2.05, 4.69) is 34.2 Å². The van der Waals surface area contributed by atoms with E-state index >= 15 is 0 Å². The van der Waals surface area contributed by atoms with E-state index in [0.29, 0.717) is 6.54 Å². The van der Waals surface area contributed by atoms with Crippen LogP contribution in [0.15, 0.2) is 60.3 Å². The van der Waals surface area contributed by atoms with E-state index in [1.807, 2.05) is 54.8 Å². The van der Waals surface area contributed by atoms with Crippen LogP contribution in [0, 0.1) is 13.8 Å². The molecule has 6 nitrogen and oxygen atoms in total. The van der Waals surface area contributed by atoms with Crippen molar-refractivity contribution >= 4 is 23.4 Å². The van der Waals surface area contributed by atoms with Crippen LogP contribution in [0.1, 0.15) is 28.9 Å². The van der Waals surface area contributed by atoms with Gasteiger partial charge in [0.1, 0.15) is 11.6 Å². The average molecular weight is 451 g/mol. The largest absolute Gasteiger partial charge is 0.497 e. The molecule has 0 bridgehead atoms. The van der Waals surface area contributed by atoms with Crippen molar-refractivity contribution in [3.63, 3.8) is 0 Å². The van der Waals surface area contributed by atoms with Gasteiger partial charge < -0.3 is 14.6 Å². The highest BCUT2D eigenvalue weighted by molar-refractivity contribution is 7.99. The number of allylic oxidation sites excluding steroid dienone is 1. The van der Waals surface area contributed by atoms with Crippen molar-refractivity contribution in [2.24, 2.45) is 0 Å². The maximum atomic E-state index is 12.5. The van der Waals surface area contributed by atoms with Crippen LogP contribution in [-0.4, -0.2) is 33.5 Å². The number of benzene rings is 2. The molecule has 32 heavy (non-hydrogen) atoms. The number of hydrogen-bond donors (Lipinski definition) is 1.